The molecule has 3 heterocycles. The normalized spacial score (nSPS) is 27.9. The topological polar surface area (TPSA) is 307 Å². The predicted molar refractivity (Wildman–Crippen MR) is 374 cm³/mol. The summed E-state index contributed by atoms with van der Waals surface area (Å²) in [6.07, 6.45) is 49.3. The molecular weight excluding hydrogens is 1210 g/mol. The Kier molecular flexibility index (Phi) is 50.7. The fourth-order valence-corrected chi connectivity index (χ4v) is 11.7. The van der Waals surface area contributed by atoms with Crippen molar-refractivity contribution in [3.05, 3.63) is 109 Å². The highest BCUT2D eigenvalue weighted by Gasteiger charge is 2.53. The zero-order valence-corrected chi connectivity index (χ0v) is 57.9. The van der Waals surface area contributed by atoms with Crippen LogP contribution in [0.1, 0.15) is 232 Å². The van der Waals surface area contributed by atoms with E-state index in [2.05, 4.69) is 129 Å². The van der Waals surface area contributed by atoms with Crippen molar-refractivity contribution in [2.45, 2.75) is 336 Å². The summed E-state index contributed by atoms with van der Waals surface area (Å²) in [6, 6.07) is -0.891. The monoisotopic (exact) mass is 1340 g/mol. The second-order valence-electron chi connectivity index (χ2n) is 25.7. The summed E-state index contributed by atoms with van der Waals surface area (Å²) >= 11 is 0. The molecule has 0 bridgehead atoms. The quantitative estimate of drug-likeness (QED) is 0.0199. The number of allylic oxidation sites excluding steroid dienone is 18. The minimum atomic E-state index is -1.97. The highest BCUT2D eigenvalue weighted by Crippen LogP contribution is 2.33. The minimum absolute atomic E-state index is 0.250. The van der Waals surface area contributed by atoms with E-state index in [4.69, 9.17) is 28.4 Å². The Morgan fingerprint density at radius 3 is 1.14 bits per heavy atom. The van der Waals surface area contributed by atoms with Gasteiger partial charge in [-0.2, -0.15) is 0 Å². The number of aliphatic hydroxyl groups is 11. The first-order valence-corrected chi connectivity index (χ1v) is 36.6. The lowest BCUT2D eigenvalue weighted by Gasteiger charge is -2.48. The van der Waals surface area contributed by atoms with Gasteiger partial charge < -0.3 is 89.9 Å². The number of amides is 1. The van der Waals surface area contributed by atoms with Crippen LogP contribution in [-0.2, 0) is 33.2 Å². The summed E-state index contributed by atoms with van der Waals surface area (Å²) in [4.78, 5) is 13.4. The molecule has 3 aliphatic heterocycles. The fraction of sp³-hybridized carbons (Fsp3) is 0.750. The van der Waals surface area contributed by atoms with Crippen molar-refractivity contribution in [3.63, 3.8) is 0 Å². The molecule has 546 valence electrons. The van der Waals surface area contributed by atoms with Gasteiger partial charge in [0.25, 0.3) is 0 Å². The highest BCUT2D eigenvalue weighted by molar-refractivity contribution is 5.76. The average molecular weight is 1340 g/mol. The molecule has 95 heavy (non-hydrogen) atoms. The zero-order valence-electron chi connectivity index (χ0n) is 57.9. The van der Waals surface area contributed by atoms with Crippen LogP contribution in [-0.4, -0.2) is 193 Å². The van der Waals surface area contributed by atoms with E-state index in [0.29, 0.717) is 12.8 Å². The Balaban J connectivity index is 1.28. The van der Waals surface area contributed by atoms with Gasteiger partial charge in [0.1, 0.15) is 73.2 Å². The van der Waals surface area contributed by atoms with Crippen LogP contribution in [0.4, 0.5) is 0 Å². The van der Waals surface area contributed by atoms with Crippen molar-refractivity contribution in [2.24, 2.45) is 0 Å². The van der Waals surface area contributed by atoms with Gasteiger partial charge in [-0.25, -0.2) is 0 Å². The number of hydrogen-bond donors (Lipinski definition) is 12. The van der Waals surface area contributed by atoms with E-state index < -0.39 is 124 Å². The molecule has 17 unspecified atom stereocenters. The maximum Gasteiger partial charge on any atom is 0.220 e. The van der Waals surface area contributed by atoms with Crippen molar-refractivity contribution in [3.8, 4) is 0 Å². The lowest BCUT2D eigenvalue weighted by Crippen LogP contribution is -2.66. The SMILES string of the molecule is CC/C=C\C/C=C\C/C=C\C/C=C\C/C=C\C/C=C\C/C=C\C/C=C\C/C=C\CCCCCCCCCCCCCCCC(=O)NC(COC1OC(CO)C(OC2OC(CO)C(OC3OC(CO)C(O)C(O)C3O)C(O)C2O)C(O)C1O)C(O)CCCCCCCCCCC. The number of rotatable bonds is 55. The number of ether oxygens (including phenoxy) is 6. The van der Waals surface area contributed by atoms with Crippen LogP contribution >= 0.6 is 0 Å². The van der Waals surface area contributed by atoms with Gasteiger partial charge in [0.15, 0.2) is 18.9 Å². The van der Waals surface area contributed by atoms with Crippen molar-refractivity contribution < 1.29 is 89.4 Å². The molecule has 3 rings (SSSR count). The molecule has 3 fully saturated rings. The molecule has 3 saturated heterocycles. The van der Waals surface area contributed by atoms with E-state index >= 15 is 0 Å². The first-order valence-electron chi connectivity index (χ1n) is 36.6. The van der Waals surface area contributed by atoms with Crippen molar-refractivity contribution in [1.29, 1.82) is 0 Å². The second kappa shape index (κ2) is 56.2. The smallest absolute Gasteiger partial charge is 0.220 e. The summed E-state index contributed by atoms with van der Waals surface area (Å²) in [5.41, 5.74) is 0. The molecule has 19 heteroatoms. The molecule has 0 aliphatic carbocycles. The number of nitrogens with one attached hydrogen (secondary N) is 1. The predicted octanol–water partition coefficient (Wildman–Crippen LogP) is 10.6. The molecular formula is C76H129NO18. The molecule has 17 atom stereocenters. The first-order chi connectivity index (χ1) is 46.3. The molecule has 0 radical (unpaired) electrons. The van der Waals surface area contributed by atoms with Crippen molar-refractivity contribution in [2.75, 3.05) is 26.4 Å². The van der Waals surface area contributed by atoms with Gasteiger partial charge in [-0.1, -0.05) is 252 Å². The summed E-state index contributed by atoms with van der Waals surface area (Å²) < 4.78 is 34.3. The van der Waals surface area contributed by atoms with Gasteiger partial charge in [-0.05, 0) is 83.5 Å². The van der Waals surface area contributed by atoms with Gasteiger partial charge in [0.05, 0.1) is 38.6 Å². The second-order valence-corrected chi connectivity index (χ2v) is 25.7. The van der Waals surface area contributed by atoms with E-state index in [1.807, 2.05) is 0 Å². The third-order valence-electron chi connectivity index (χ3n) is 17.6. The Morgan fingerprint density at radius 1 is 0.389 bits per heavy atom. The first kappa shape index (κ1) is 85.7. The van der Waals surface area contributed by atoms with Crippen molar-refractivity contribution in [1.82, 2.24) is 5.32 Å². The number of aliphatic hydroxyl groups excluding tert-OH is 11. The minimum Gasteiger partial charge on any atom is -0.394 e. The fourth-order valence-electron chi connectivity index (χ4n) is 11.7. The molecule has 3 aliphatic rings. The van der Waals surface area contributed by atoms with Gasteiger partial charge in [-0.3, -0.25) is 4.79 Å². The third-order valence-corrected chi connectivity index (χ3v) is 17.6. The van der Waals surface area contributed by atoms with Crippen LogP contribution in [0.15, 0.2) is 109 Å². The van der Waals surface area contributed by atoms with Crippen LogP contribution in [0.2, 0.25) is 0 Å². The third kappa shape index (κ3) is 37.5. The maximum atomic E-state index is 13.4. The number of carbonyl (C=O) groups is 1. The van der Waals surface area contributed by atoms with Crippen LogP contribution in [0.25, 0.3) is 0 Å². The molecule has 12 N–H and O–H groups in total. The van der Waals surface area contributed by atoms with E-state index in [1.54, 1.807) is 0 Å². The lowest BCUT2D eigenvalue weighted by atomic mass is 9.96. The van der Waals surface area contributed by atoms with Gasteiger partial charge in [0.2, 0.25) is 5.91 Å². The summed E-state index contributed by atoms with van der Waals surface area (Å²) in [7, 11) is 0. The Morgan fingerprint density at radius 2 is 0.726 bits per heavy atom. The van der Waals surface area contributed by atoms with Crippen molar-refractivity contribution >= 4 is 5.91 Å². The lowest BCUT2D eigenvalue weighted by molar-refractivity contribution is -0.379. The molecule has 0 aromatic rings. The Bertz CT molecular complexity index is 2140. The highest BCUT2D eigenvalue weighted by atomic mass is 16.8. The molecule has 1 amide bonds. The molecule has 0 aromatic carbocycles. The Hall–Kier alpha value is -3.55. The molecule has 0 spiro atoms. The molecule has 0 aromatic heterocycles. The largest absolute Gasteiger partial charge is 0.394 e. The number of hydrogen-bond acceptors (Lipinski definition) is 18. The summed E-state index contributed by atoms with van der Waals surface area (Å²) in [6.45, 7) is 1.63. The van der Waals surface area contributed by atoms with Gasteiger partial charge >= 0.3 is 0 Å². The van der Waals surface area contributed by atoms with E-state index in [0.717, 1.165) is 109 Å². The maximum absolute atomic E-state index is 13.4. The van der Waals surface area contributed by atoms with Gasteiger partial charge in [0, 0.05) is 6.42 Å². The van der Waals surface area contributed by atoms with Crippen LogP contribution in [0.3, 0.4) is 0 Å². The van der Waals surface area contributed by atoms with E-state index in [9.17, 15) is 61.0 Å². The molecule has 19 nitrogen and oxygen atoms in total. The Labute approximate surface area is 570 Å². The van der Waals surface area contributed by atoms with Crippen LogP contribution < -0.4 is 5.32 Å². The van der Waals surface area contributed by atoms with Crippen LogP contribution in [0.5, 0.6) is 0 Å². The standard InChI is InChI=1S/C76H129NO18/c1-3-5-7-9-11-13-14-15-16-17-18-19-20-21-22-23-24-25-26-27-28-29-30-31-32-33-34-35-36-37-38-39-40-41-42-43-44-46-48-50-52-54-64(82)77-59(60(81)53-51-49-47-45-12-10-8-6-4-2)58-90-74-70(88)67(85)72(62(56-79)92-74)95-76-71(89)68(86)73(63(57-80)93-76)94-75-69(87)66(84)65(83)61(55-78)91-75/h5,7,11,13,15-16,18-19,21-22,24-25,27-28,30-31,33-34,59-63,65-76,78-81,83-89H,3-4,6,8-10,12,14,17,20,23,26,29,32,35-58H2,1-2H3,(H,77,82)/b7-5-,13-11-,16-15-,19-18-,22-21-,25-24-,28-27-,31-30-,34-33-. The van der Waals surface area contributed by atoms with E-state index in [-0.39, 0.29) is 18.9 Å². The molecule has 0 saturated carbocycles. The summed E-state index contributed by atoms with van der Waals surface area (Å²) in [5, 5.41) is 120. The number of unbranched alkanes of at least 4 members (excludes halogenated alkanes) is 21. The van der Waals surface area contributed by atoms with Gasteiger partial charge in [-0.15, -0.1) is 0 Å². The van der Waals surface area contributed by atoms with Crippen LogP contribution in [0, 0.1) is 0 Å². The number of carbonyl (C=O) groups excluding carboxylic acids is 1. The van der Waals surface area contributed by atoms with E-state index in [1.165, 1.54) is 89.9 Å². The average Bonchev–Trinajstić information content (AvgIpc) is 0.797. The zero-order chi connectivity index (χ0) is 68.9. The summed E-state index contributed by atoms with van der Waals surface area (Å²) in [5.74, 6) is -0.250.